The van der Waals surface area contributed by atoms with Gasteiger partial charge in [0.1, 0.15) is 18.1 Å². The number of H-pyrrole nitrogens is 1. The Labute approximate surface area is 206 Å². The van der Waals surface area contributed by atoms with Crippen LogP contribution in [-0.4, -0.2) is 88.7 Å². The average molecular weight is 503 g/mol. The Kier molecular flexibility index (Phi) is 8.97. The van der Waals surface area contributed by atoms with Gasteiger partial charge in [0.05, 0.1) is 19.3 Å². The van der Waals surface area contributed by atoms with E-state index in [9.17, 15) is 34.2 Å². The van der Waals surface area contributed by atoms with E-state index in [0.717, 1.165) is 16.5 Å². The van der Waals surface area contributed by atoms with Crippen LogP contribution in [0.4, 0.5) is 0 Å². The van der Waals surface area contributed by atoms with Gasteiger partial charge in [-0.1, -0.05) is 18.2 Å². The zero-order valence-corrected chi connectivity index (χ0v) is 19.7. The van der Waals surface area contributed by atoms with E-state index >= 15 is 0 Å². The third-order valence-electron chi connectivity index (χ3n) is 5.72. The molecule has 3 rings (SSSR count). The van der Waals surface area contributed by atoms with E-state index in [1.807, 2.05) is 24.3 Å². The molecule has 1 aromatic heterocycles. The quantitative estimate of drug-likeness (QED) is 0.220. The molecule has 5 amide bonds. The predicted molar refractivity (Wildman–Crippen MR) is 127 cm³/mol. The molecule has 1 saturated heterocycles. The van der Waals surface area contributed by atoms with Crippen LogP contribution >= 0.6 is 0 Å². The first kappa shape index (κ1) is 26.6. The topological polar surface area (TPSA) is 202 Å². The van der Waals surface area contributed by atoms with Crippen molar-refractivity contribution in [2.24, 2.45) is 0 Å². The van der Waals surface area contributed by atoms with Crippen LogP contribution in [0.1, 0.15) is 18.9 Å². The first-order valence-electron chi connectivity index (χ1n) is 11.5. The molecule has 0 spiro atoms. The molecule has 1 fully saturated rings. The van der Waals surface area contributed by atoms with E-state index in [1.54, 1.807) is 6.20 Å². The third-order valence-corrected chi connectivity index (χ3v) is 5.72. The number of amides is 5. The molecule has 36 heavy (non-hydrogen) atoms. The van der Waals surface area contributed by atoms with Crippen molar-refractivity contribution in [3.8, 4) is 0 Å². The number of fused-ring (bicyclic) bond motifs is 1. The van der Waals surface area contributed by atoms with Crippen molar-refractivity contribution in [2.75, 3.05) is 19.7 Å². The second-order valence-corrected chi connectivity index (χ2v) is 8.47. The fourth-order valence-corrected chi connectivity index (χ4v) is 3.79. The molecule has 13 heteroatoms. The highest BCUT2D eigenvalue weighted by molar-refractivity contribution is 5.95. The lowest BCUT2D eigenvalue weighted by Gasteiger charge is -2.24. The van der Waals surface area contributed by atoms with Crippen LogP contribution in [0.2, 0.25) is 0 Å². The molecule has 194 valence electrons. The molecule has 1 aliphatic rings. The molecule has 8 N–H and O–H groups in total. The van der Waals surface area contributed by atoms with Gasteiger partial charge >= 0.3 is 0 Å². The number of aromatic nitrogens is 1. The van der Waals surface area contributed by atoms with Gasteiger partial charge in [0.15, 0.2) is 0 Å². The number of nitrogens with one attached hydrogen (secondary N) is 6. The summed E-state index contributed by atoms with van der Waals surface area (Å²) in [5, 5.41) is 32.5. The van der Waals surface area contributed by atoms with Gasteiger partial charge in [-0.2, -0.15) is 0 Å². The fraction of sp³-hybridized carbons (Fsp3) is 0.435. The second-order valence-electron chi connectivity index (χ2n) is 8.47. The molecule has 2 aromatic rings. The molecule has 0 aliphatic carbocycles. The first-order chi connectivity index (χ1) is 17.2. The SMILES string of the molecule is C[C@@H](O)[C@@H]1NC(=O)CCNC(=O)[C@@H](Cc2c[nH]c3ccccc23)NC(=O)[C@@H](CO)NC(=O)CNC1=O. The second kappa shape index (κ2) is 12.1. The number of aliphatic hydroxyl groups excluding tert-OH is 2. The van der Waals surface area contributed by atoms with E-state index in [0.29, 0.717) is 0 Å². The fourth-order valence-electron chi connectivity index (χ4n) is 3.79. The van der Waals surface area contributed by atoms with Crippen molar-refractivity contribution in [1.82, 2.24) is 31.6 Å². The summed E-state index contributed by atoms with van der Waals surface area (Å²) in [5.74, 6) is -3.60. The van der Waals surface area contributed by atoms with E-state index in [4.69, 9.17) is 0 Å². The van der Waals surface area contributed by atoms with Crippen molar-refractivity contribution >= 4 is 40.4 Å². The average Bonchev–Trinajstić information content (AvgIpc) is 3.25. The van der Waals surface area contributed by atoms with Crippen LogP contribution in [0.25, 0.3) is 10.9 Å². The highest BCUT2D eigenvalue weighted by Gasteiger charge is 2.29. The summed E-state index contributed by atoms with van der Waals surface area (Å²) in [4.78, 5) is 65.8. The standard InChI is InChI=1S/C23H30N6O7/c1-12(31)20-23(36)26-10-19(33)27-17(11-30)22(35)28-16(21(34)24-7-6-18(32)29-20)8-13-9-25-15-5-3-2-4-14(13)15/h2-5,9,12,16-17,20,25,30-31H,6-8,10-11H2,1H3,(H,24,34)(H,26,36)(H,27,33)(H,28,35)(H,29,32)/t12-,16-,17-,20+/m1/s1. The van der Waals surface area contributed by atoms with E-state index in [1.165, 1.54) is 6.92 Å². The molecule has 1 aromatic carbocycles. The van der Waals surface area contributed by atoms with E-state index < -0.39 is 66.9 Å². The molecule has 1 aliphatic heterocycles. The summed E-state index contributed by atoms with van der Waals surface area (Å²) < 4.78 is 0. The maximum atomic E-state index is 13.0. The summed E-state index contributed by atoms with van der Waals surface area (Å²) in [5.41, 5.74) is 1.60. The van der Waals surface area contributed by atoms with Gasteiger partial charge in [0.25, 0.3) is 0 Å². The zero-order valence-electron chi connectivity index (χ0n) is 19.7. The summed E-state index contributed by atoms with van der Waals surface area (Å²) in [6, 6.07) is 3.63. The monoisotopic (exact) mass is 502 g/mol. The minimum absolute atomic E-state index is 0.0973. The van der Waals surface area contributed by atoms with Crippen molar-refractivity contribution in [3.05, 3.63) is 36.0 Å². The number of rotatable bonds is 4. The van der Waals surface area contributed by atoms with Gasteiger partial charge in [-0.3, -0.25) is 24.0 Å². The zero-order chi connectivity index (χ0) is 26.2. The number of hydrogen-bond donors (Lipinski definition) is 8. The number of carbonyl (C=O) groups excluding carboxylic acids is 5. The lowest BCUT2D eigenvalue weighted by Crippen LogP contribution is -2.58. The van der Waals surface area contributed by atoms with Crippen LogP contribution in [0.15, 0.2) is 30.5 Å². The molecule has 2 heterocycles. The number of hydrogen-bond acceptors (Lipinski definition) is 7. The Hall–Kier alpha value is -3.97. The van der Waals surface area contributed by atoms with Crippen LogP contribution < -0.4 is 26.6 Å². The lowest BCUT2D eigenvalue weighted by molar-refractivity contribution is -0.135. The molecule has 0 bridgehead atoms. The normalized spacial score (nSPS) is 23.8. The number of benzene rings is 1. The first-order valence-corrected chi connectivity index (χ1v) is 11.5. The van der Waals surface area contributed by atoms with Gasteiger partial charge in [-0.15, -0.1) is 0 Å². The molecular formula is C23H30N6O7. The lowest BCUT2D eigenvalue weighted by atomic mass is 10.0. The molecule has 4 atom stereocenters. The summed E-state index contributed by atoms with van der Waals surface area (Å²) in [7, 11) is 0. The van der Waals surface area contributed by atoms with Crippen LogP contribution in [0, 0.1) is 0 Å². The largest absolute Gasteiger partial charge is 0.394 e. The summed E-state index contributed by atoms with van der Waals surface area (Å²) >= 11 is 0. The minimum Gasteiger partial charge on any atom is -0.394 e. The summed E-state index contributed by atoms with van der Waals surface area (Å²) in [6.45, 7) is -0.119. The smallest absolute Gasteiger partial charge is 0.245 e. The highest BCUT2D eigenvalue weighted by atomic mass is 16.3. The van der Waals surface area contributed by atoms with Gasteiger partial charge in [0, 0.05) is 36.5 Å². The Morgan fingerprint density at radius 3 is 2.39 bits per heavy atom. The molecule has 0 unspecified atom stereocenters. The van der Waals surface area contributed by atoms with Crippen molar-refractivity contribution in [2.45, 2.75) is 44.0 Å². The molecule has 13 nitrogen and oxygen atoms in total. The van der Waals surface area contributed by atoms with Gasteiger partial charge in [0.2, 0.25) is 29.5 Å². The molecule has 0 saturated carbocycles. The van der Waals surface area contributed by atoms with Crippen molar-refractivity contribution in [1.29, 1.82) is 0 Å². The predicted octanol–water partition coefficient (Wildman–Crippen LogP) is -2.83. The minimum atomic E-state index is -1.38. The maximum absolute atomic E-state index is 13.0. The van der Waals surface area contributed by atoms with Gasteiger partial charge < -0.3 is 41.8 Å². The number of para-hydroxylation sites is 1. The Bertz CT molecular complexity index is 1130. The van der Waals surface area contributed by atoms with Crippen LogP contribution in [-0.2, 0) is 30.4 Å². The number of carbonyl (C=O) groups is 5. The Balaban J connectivity index is 1.83. The molecular weight excluding hydrogens is 472 g/mol. The van der Waals surface area contributed by atoms with Crippen molar-refractivity contribution in [3.63, 3.8) is 0 Å². The van der Waals surface area contributed by atoms with Crippen LogP contribution in [0.5, 0.6) is 0 Å². The van der Waals surface area contributed by atoms with Gasteiger partial charge in [-0.05, 0) is 18.6 Å². The Morgan fingerprint density at radius 1 is 0.917 bits per heavy atom. The summed E-state index contributed by atoms with van der Waals surface area (Å²) in [6.07, 6.45) is 0.360. The van der Waals surface area contributed by atoms with Gasteiger partial charge in [-0.25, -0.2) is 0 Å². The third kappa shape index (κ3) is 6.79. The number of aliphatic hydroxyl groups is 2. The highest BCUT2D eigenvalue weighted by Crippen LogP contribution is 2.19. The number of aromatic amines is 1. The van der Waals surface area contributed by atoms with E-state index in [-0.39, 0.29) is 19.4 Å². The van der Waals surface area contributed by atoms with Crippen LogP contribution in [0.3, 0.4) is 0 Å². The molecule has 0 radical (unpaired) electrons. The Morgan fingerprint density at radius 2 is 1.67 bits per heavy atom. The maximum Gasteiger partial charge on any atom is 0.245 e. The van der Waals surface area contributed by atoms with Crippen molar-refractivity contribution < 1.29 is 34.2 Å². The van der Waals surface area contributed by atoms with E-state index in [2.05, 4.69) is 31.6 Å².